The van der Waals surface area contributed by atoms with Gasteiger partial charge < -0.3 is 29.2 Å². The van der Waals surface area contributed by atoms with E-state index >= 15 is 0 Å². The highest BCUT2D eigenvalue weighted by atomic mass is 35.5. The maximum absolute atomic E-state index is 9.89. The molecule has 5 heterocycles. The molecule has 2 aromatic heterocycles. The van der Waals surface area contributed by atoms with Gasteiger partial charge in [-0.3, -0.25) is 0 Å². The van der Waals surface area contributed by atoms with Crippen molar-refractivity contribution in [1.29, 1.82) is 0 Å². The van der Waals surface area contributed by atoms with Gasteiger partial charge >= 0.3 is 0 Å². The van der Waals surface area contributed by atoms with E-state index in [1.54, 1.807) is 0 Å². The summed E-state index contributed by atoms with van der Waals surface area (Å²) in [6.07, 6.45) is 0.888. The number of ether oxygens (including phenoxy) is 3. The van der Waals surface area contributed by atoms with E-state index in [2.05, 4.69) is 44.1 Å². The molecule has 0 bridgehead atoms. The van der Waals surface area contributed by atoms with Crippen molar-refractivity contribution in [2.45, 2.75) is 37.3 Å². The minimum atomic E-state index is -0.617. The number of halogens is 1. The van der Waals surface area contributed by atoms with Crippen molar-refractivity contribution in [3.63, 3.8) is 0 Å². The van der Waals surface area contributed by atoms with E-state index in [1.165, 1.54) is 18.5 Å². The Hall–Kier alpha value is -2.39. The molecule has 8 nitrogen and oxygen atoms in total. The number of benzene rings is 1. The average molecular weight is 443 g/mol. The zero-order chi connectivity index (χ0) is 20.9. The number of imidazole rings is 1. The maximum Gasteiger partial charge on any atom is 0.296 e. The predicted molar refractivity (Wildman–Crippen MR) is 116 cm³/mol. The summed E-state index contributed by atoms with van der Waals surface area (Å²) in [5.41, 5.74) is 4.08. The van der Waals surface area contributed by atoms with E-state index in [0.717, 1.165) is 18.7 Å². The van der Waals surface area contributed by atoms with Crippen molar-refractivity contribution in [2.24, 2.45) is 0 Å². The van der Waals surface area contributed by atoms with Crippen LogP contribution in [-0.2, 0) is 9.47 Å². The highest BCUT2D eigenvalue weighted by Crippen LogP contribution is 2.33. The lowest BCUT2D eigenvalue weighted by atomic mass is 10.1. The van der Waals surface area contributed by atoms with Crippen LogP contribution in [0.2, 0.25) is 5.02 Å². The summed E-state index contributed by atoms with van der Waals surface area (Å²) in [5.74, 6) is 0. The van der Waals surface area contributed by atoms with E-state index in [4.69, 9.17) is 25.8 Å². The third-order valence-corrected chi connectivity index (χ3v) is 6.55. The summed E-state index contributed by atoms with van der Waals surface area (Å²) in [7, 11) is 0. The number of hydrogen-bond donors (Lipinski definition) is 2. The second-order valence-electron chi connectivity index (χ2n) is 8.29. The normalized spacial score (nSPS) is 27.9. The predicted octanol–water partition coefficient (Wildman–Crippen LogP) is 2.78. The van der Waals surface area contributed by atoms with Gasteiger partial charge in [-0.2, -0.15) is 4.98 Å². The SMILES string of the molecule is O[C@@H]1COC2C1OC[C@H]2Oc1nc2nc(-c3ccc(N4CCCC4)cc3)c(Cl)cc2[nH]1. The fourth-order valence-electron chi connectivity index (χ4n) is 4.65. The molecule has 3 aliphatic heterocycles. The average Bonchev–Trinajstić information content (AvgIpc) is 3.55. The van der Waals surface area contributed by atoms with Gasteiger partial charge in [0.2, 0.25) is 0 Å². The summed E-state index contributed by atoms with van der Waals surface area (Å²) in [6, 6.07) is 10.5. The number of aromatic nitrogens is 3. The number of H-pyrrole nitrogens is 1. The number of fused-ring (bicyclic) bond motifs is 2. The highest BCUT2D eigenvalue weighted by Gasteiger charge is 2.48. The van der Waals surface area contributed by atoms with E-state index in [0.29, 0.717) is 34.5 Å². The Bertz CT molecular complexity index is 1100. The lowest BCUT2D eigenvalue weighted by Gasteiger charge is -2.17. The summed E-state index contributed by atoms with van der Waals surface area (Å²) in [5, 5.41) is 10.4. The van der Waals surface area contributed by atoms with Crippen LogP contribution in [0, 0.1) is 0 Å². The lowest BCUT2D eigenvalue weighted by Crippen LogP contribution is -2.34. The van der Waals surface area contributed by atoms with Crippen LogP contribution in [0.5, 0.6) is 6.01 Å². The van der Waals surface area contributed by atoms with Crippen LogP contribution in [0.1, 0.15) is 12.8 Å². The molecule has 0 saturated carbocycles. The monoisotopic (exact) mass is 442 g/mol. The molecule has 3 saturated heterocycles. The van der Waals surface area contributed by atoms with Crippen molar-refractivity contribution < 1.29 is 19.3 Å². The van der Waals surface area contributed by atoms with Gasteiger partial charge in [0.05, 0.1) is 29.4 Å². The van der Waals surface area contributed by atoms with Crippen LogP contribution in [0.3, 0.4) is 0 Å². The van der Waals surface area contributed by atoms with E-state index in [9.17, 15) is 5.11 Å². The molecule has 2 unspecified atom stereocenters. The van der Waals surface area contributed by atoms with Crippen LogP contribution < -0.4 is 9.64 Å². The van der Waals surface area contributed by atoms with Crippen molar-refractivity contribution in [2.75, 3.05) is 31.2 Å². The molecule has 3 fully saturated rings. The van der Waals surface area contributed by atoms with E-state index < -0.39 is 6.10 Å². The Morgan fingerprint density at radius 3 is 2.65 bits per heavy atom. The molecule has 0 aliphatic carbocycles. The fraction of sp³-hybridized carbons (Fsp3) is 0.455. The number of nitrogens with zero attached hydrogens (tertiary/aromatic N) is 3. The van der Waals surface area contributed by atoms with Crippen LogP contribution in [0.25, 0.3) is 22.4 Å². The first-order valence-corrected chi connectivity index (χ1v) is 11.0. The number of anilines is 1. The molecule has 162 valence electrons. The summed E-state index contributed by atoms with van der Waals surface area (Å²) in [4.78, 5) is 14.7. The van der Waals surface area contributed by atoms with Gasteiger partial charge in [0.1, 0.15) is 18.3 Å². The second kappa shape index (κ2) is 7.63. The van der Waals surface area contributed by atoms with Crippen molar-refractivity contribution in [3.8, 4) is 17.3 Å². The quantitative estimate of drug-likeness (QED) is 0.641. The molecule has 2 N–H and O–H groups in total. The maximum atomic E-state index is 9.89. The van der Waals surface area contributed by atoms with Crippen molar-refractivity contribution >= 4 is 28.5 Å². The number of nitrogens with one attached hydrogen (secondary N) is 1. The Kier molecular flexibility index (Phi) is 4.75. The third kappa shape index (κ3) is 3.43. The smallest absolute Gasteiger partial charge is 0.296 e. The number of pyridine rings is 1. The molecule has 6 rings (SSSR count). The minimum absolute atomic E-state index is 0.256. The Morgan fingerprint density at radius 2 is 1.84 bits per heavy atom. The third-order valence-electron chi connectivity index (χ3n) is 6.26. The van der Waals surface area contributed by atoms with Crippen LogP contribution in [0.4, 0.5) is 5.69 Å². The Morgan fingerprint density at radius 1 is 1.06 bits per heavy atom. The van der Waals surface area contributed by atoms with Crippen LogP contribution >= 0.6 is 11.6 Å². The molecule has 3 aromatic rings. The number of aromatic amines is 1. The molecule has 0 amide bonds. The van der Waals surface area contributed by atoms with Gasteiger partial charge in [-0.1, -0.05) is 23.7 Å². The zero-order valence-electron chi connectivity index (χ0n) is 16.8. The first-order chi connectivity index (χ1) is 15.2. The van der Waals surface area contributed by atoms with Crippen LogP contribution in [0.15, 0.2) is 30.3 Å². The summed E-state index contributed by atoms with van der Waals surface area (Å²) < 4.78 is 17.2. The largest absolute Gasteiger partial charge is 0.456 e. The molecule has 1 aromatic carbocycles. The van der Waals surface area contributed by atoms with Gasteiger partial charge in [0.25, 0.3) is 6.01 Å². The molecule has 0 spiro atoms. The number of aliphatic hydroxyl groups excluding tert-OH is 1. The van der Waals surface area contributed by atoms with E-state index in [1.807, 2.05) is 6.07 Å². The number of rotatable bonds is 4. The molecular formula is C22H23ClN4O4. The number of hydrogen-bond acceptors (Lipinski definition) is 7. The van der Waals surface area contributed by atoms with Gasteiger partial charge in [-0.15, -0.1) is 0 Å². The van der Waals surface area contributed by atoms with E-state index in [-0.39, 0.29) is 24.9 Å². The standard InChI is InChI=1S/C22H23ClN4O4/c23-14-9-15-21(25-18(14)12-3-5-13(6-4-12)27-7-1-2-8-27)26-22(24-15)31-17-11-30-19-16(28)10-29-20(17)19/h3-6,9,16-17,19-20,28H,1-2,7-8,10-11H2,(H,24,25,26)/t16-,17-,19?,20?/m1/s1. The zero-order valence-corrected chi connectivity index (χ0v) is 17.6. The minimum Gasteiger partial charge on any atom is -0.456 e. The van der Waals surface area contributed by atoms with Crippen LogP contribution in [-0.4, -0.2) is 70.8 Å². The summed E-state index contributed by atoms with van der Waals surface area (Å²) in [6.45, 7) is 2.81. The lowest BCUT2D eigenvalue weighted by molar-refractivity contribution is 0.00706. The molecule has 0 radical (unpaired) electrons. The first-order valence-electron chi connectivity index (χ1n) is 10.7. The van der Waals surface area contributed by atoms with Gasteiger partial charge in [0, 0.05) is 24.3 Å². The van der Waals surface area contributed by atoms with Crippen molar-refractivity contribution in [3.05, 3.63) is 35.4 Å². The first kappa shape index (κ1) is 19.3. The van der Waals surface area contributed by atoms with Gasteiger partial charge in [-0.25, -0.2) is 4.98 Å². The molecule has 4 atom stereocenters. The second-order valence-corrected chi connectivity index (χ2v) is 8.70. The van der Waals surface area contributed by atoms with Gasteiger partial charge in [-0.05, 0) is 31.0 Å². The molecule has 9 heteroatoms. The van der Waals surface area contributed by atoms with Gasteiger partial charge in [0.15, 0.2) is 11.8 Å². The Labute approximate surface area is 184 Å². The Balaban J connectivity index is 1.24. The topological polar surface area (TPSA) is 92.7 Å². The van der Waals surface area contributed by atoms with Crippen molar-refractivity contribution in [1.82, 2.24) is 15.0 Å². The fourth-order valence-corrected chi connectivity index (χ4v) is 4.91. The summed E-state index contributed by atoms with van der Waals surface area (Å²) >= 11 is 6.54. The molecular weight excluding hydrogens is 420 g/mol. The highest BCUT2D eigenvalue weighted by molar-refractivity contribution is 6.33. The molecule has 3 aliphatic rings. The molecule has 31 heavy (non-hydrogen) atoms. The number of aliphatic hydroxyl groups is 1.